The number of ether oxygens (including phenoxy) is 1. The summed E-state index contributed by atoms with van der Waals surface area (Å²) in [6, 6.07) is 10.1. The molecular formula is C28H39N3O2. The van der Waals surface area contributed by atoms with Crippen molar-refractivity contribution in [2.45, 2.75) is 59.5 Å². The van der Waals surface area contributed by atoms with Gasteiger partial charge in [0.1, 0.15) is 17.5 Å². The topological polar surface area (TPSA) is 77.2 Å². The molecule has 0 bridgehead atoms. The van der Waals surface area contributed by atoms with E-state index in [0.717, 1.165) is 24.0 Å². The van der Waals surface area contributed by atoms with Gasteiger partial charge in [-0.05, 0) is 45.1 Å². The van der Waals surface area contributed by atoms with Crippen molar-refractivity contribution in [1.82, 2.24) is 4.90 Å². The van der Waals surface area contributed by atoms with Crippen LogP contribution in [0.1, 0.15) is 58.4 Å². The number of nitrogens with one attached hydrogen (secondary N) is 2. The van der Waals surface area contributed by atoms with Gasteiger partial charge in [0, 0.05) is 25.5 Å². The molecular weight excluding hydrogens is 410 g/mol. The lowest BCUT2D eigenvalue weighted by molar-refractivity contribution is -0.127. The number of hydrogen-bond donors (Lipinski definition) is 2. The zero-order chi connectivity index (χ0) is 24.3. The maximum Gasteiger partial charge on any atom is 0.138 e. The van der Waals surface area contributed by atoms with Gasteiger partial charge in [-0.1, -0.05) is 73.7 Å². The van der Waals surface area contributed by atoms with Crippen molar-refractivity contribution in [3.8, 4) is 0 Å². The summed E-state index contributed by atoms with van der Waals surface area (Å²) in [5, 5.41) is 17.4. The summed E-state index contributed by atoms with van der Waals surface area (Å²) >= 11 is 0. The molecule has 0 aliphatic carbocycles. The Labute approximate surface area is 199 Å². The molecule has 1 aromatic rings. The molecule has 33 heavy (non-hydrogen) atoms. The molecule has 0 spiro atoms. The van der Waals surface area contributed by atoms with E-state index in [-0.39, 0.29) is 11.7 Å². The SMILES string of the molecule is C=C/C=C\C=C(/C)CC1(C(C)=O)CCCC(=N)N(C(=N)C(C)CCOCc2ccccc2)C1. The highest BCUT2D eigenvalue weighted by atomic mass is 16.5. The summed E-state index contributed by atoms with van der Waals surface area (Å²) in [5.41, 5.74) is 1.67. The first-order chi connectivity index (χ1) is 15.8. The lowest BCUT2D eigenvalue weighted by Gasteiger charge is -2.37. The predicted molar refractivity (Wildman–Crippen MR) is 137 cm³/mol. The average Bonchev–Trinajstić information content (AvgIpc) is 2.96. The zero-order valence-corrected chi connectivity index (χ0v) is 20.4. The van der Waals surface area contributed by atoms with Gasteiger partial charge in [-0.25, -0.2) is 0 Å². The Hall–Kier alpha value is -2.79. The first-order valence-corrected chi connectivity index (χ1v) is 11.8. The Morgan fingerprint density at radius 2 is 2.00 bits per heavy atom. The predicted octanol–water partition coefficient (Wildman–Crippen LogP) is 6.32. The van der Waals surface area contributed by atoms with Crippen LogP contribution in [0.2, 0.25) is 0 Å². The van der Waals surface area contributed by atoms with E-state index < -0.39 is 5.41 Å². The van der Waals surface area contributed by atoms with Gasteiger partial charge in [0.25, 0.3) is 0 Å². The molecule has 2 unspecified atom stereocenters. The number of ketones is 1. The van der Waals surface area contributed by atoms with Crippen molar-refractivity contribution in [2.24, 2.45) is 11.3 Å². The third-order valence-corrected chi connectivity index (χ3v) is 6.41. The maximum absolute atomic E-state index is 12.9. The number of nitrogens with zero attached hydrogens (tertiary/aromatic N) is 1. The van der Waals surface area contributed by atoms with Crippen molar-refractivity contribution >= 4 is 17.5 Å². The van der Waals surface area contributed by atoms with E-state index in [0.29, 0.717) is 50.7 Å². The van der Waals surface area contributed by atoms with Crippen LogP contribution >= 0.6 is 0 Å². The Kier molecular flexibility index (Phi) is 10.5. The number of Topliss-reactive ketones (excluding diaryl/α,β-unsaturated/α-hetero) is 1. The van der Waals surface area contributed by atoms with Gasteiger partial charge >= 0.3 is 0 Å². The minimum absolute atomic E-state index is 0.0592. The fraction of sp³-hybridized carbons (Fsp3) is 0.464. The number of allylic oxidation sites excluding steroid dienone is 5. The van der Waals surface area contributed by atoms with E-state index in [1.807, 2.05) is 62.4 Å². The Morgan fingerprint density at radius 1 is 1.27 bits per heavy atom. The van der Waals surface area contributed by atoms with Crippen LogP contribution in [0.5, 0.6) is 0 Å². The Bertz CT molecular complexity index is 888. The second kappa shape index (κ2) is 13.0. The van der Waals surface area contributed by atoms with Gasteiger partial charge in [0.2, 0.25) is 0 Å². The molecule has 1 aliphatic rings. The normalized spacial score (nSPS) is 20.5. The second-order valence-electron chi connectivity index (χ2n) is 9.15. The molecule has 1 aromatic carbocycles. The van der Waals surface area contributed by atoms with Gasteiger partial charge in [0.05, 0.1) is 12.0 Å². The number of hydrogen-bond acceptors (Lipinski definition) is 4. The summed E-state index contributed by atoms with van der Waals surface area (Å²) in [6.07, 6.45) is 11.0. The number of carbonyl (C=O) groups is 1. The smallest absolute Gasteiger partial charge is 0.138 e. The summed E-state index contributed by atoms with van der Waals surface area (Å²) in [6.45, 7) is 10.9. The van der Waals surface area contributed by atoms with Crippen molar-refractivity contribution in [3.63, 3.8) is 0 Å². The summed E-state index contributed by atoms with van der Waals surface area (Å²) < 4.78 is 5.81. The largest absolute Gasteiger partial charge is 0.377 e. The quantitative estimate of drug-likeness (QED) is 0.179. The fourth-order valence-electron chi connectivity index (χ4n) is 4.31. The molecule has 1 heterocycles. The highest BCUT2D eigenvalue weighted by Crippen LogP contribution is 2.37. The van der Waals surface area contributed by atoms with E-state index in [2.05, 4.69) is 6.58 Å². The number of carbonyl (C=O) groups excluding carboxylic acids is 1. The van der Waals surface area contributed by atoms with Gasteiger partial charge in [-0.15, -0.1) is 0 Å². The van der Waals surface area contributed by atoms with Crippen LogP contribution in [0.3, 0.4) is 0 Å². The minimum atomic E-state index is -0.582. The van der Waals surface area contributed by atoms with E-state index in [1.165, 1.54) is 0 Å². The van der Waals surface area contributed by atoms with Crippen LogP contribution in [-0.4, -0.2) is 35.5 Å². The molecule has 1 fully saturated rings. The molecule has 0 radical (unpaired) electrons. The van der Waals surface area contributed by atoms with Crippen LogP contribution < -0.4 is 0 Å². The molecule has 2 rings (SSSR count). The van der Waals surface area contributed by atoms with Crippen molar-refractivity contribution in [3.05, 3.63) is 72.4 Å². The summed E-state index contributed by atoms with van der Waals surface area (Å²) in [7, 11) is 0. The molecule has 2 atom stereocenters. The molecule has 178 valence electrons. The van der Waals surface area contributed by atoms with Gasteiger partial charge in [0.15, 0.2) is 0 Å². The van der Waals surface area contributed by atoms with Gasteiger partial charge < -0.3 is 9.64 Å². The second-order valence-corrected chi connectivity index (χ2v) is 9.15. The minimum Gasteiger partial charge on any atom is -0.377 e. The number of amidine groups is 2. The molecule has 0 amide bonds. The lowest BCUT2D eigenvalue weighted by Crippen LogP contribution is -2.47. The van der Waals surface area contributed by atoms with E-state index in [9.17, 15) is 4.79 Å². The monoisotopic (exact) mass is 449 g/mol. The molecule has 5 heteroatoms. The lowest BCUT2D eigenvalue weighted by atomic mass is 9.74. The molecule has 1 aliphatic heterocycles. The summed E-state index contributed by atoms with van der Waals surface area (Å²) in [4.78, 5) is 14.7. The Morgan fingerprint density at radius 3 is 2.67 bits per heavy atom. The standard InChI is InChI=1S/C28H39N3O2/c1-5-6-8-12-22(2)19-28(24(4)32)17-11-15-26(29)31(21-28)27(30)23(3)16-18-33-20-25-13-9-7-10-14-25/h5-10,12-14,23,29-30H,1,11,15-21H2,2-4H3/b8-6-,22-12+,29-26?,30-27?. The molecule has 1 saturated heterocycles. The van der Waals surface area contributed by atoms with Crippen LogP contribution in [0.25, 0.3) is 0 Å². The zero-order valence-electron chi connectivity index (χ0n) is 20.4. The van der Waals surface area contributed by atoms with Crippen LogP contribution in [-0.2, 0) is 16.1 Å². The highest BCUT2D eigenvalue weighted by molar-refractivity contribution is 6.00. The third-order valence-electron chi connectivity index (χ3n) is 6.41. The van der Waals surface area contributed by atoms with E-state index in [1.54, 1.807) is 17.9 Å². The molecule has 2 N–H and O–H groups in total. The van der Waals surface area contributed by atoms with Crippen molar-refractivity contribution in [1.29, 1.82) is 10.8 Å². The average molecular weight is 450 g/mol. The highest BCUT2D eigenvalue weighted by Gasteiger charge is 2.41. The molecule has 0 saturated carbocycles. The van der Waals surface area contributed by atoms with Crippen LogP contribution in [0.4, 0.5) is 0 Å². The van der Waals surface area contributed by atoms with Crippen molar-refractivity contribution < 1.29 is 9.53 Å². The Balaban J connectivity index is 2.05. The summed E-state index contributed by atoms with van der Waals surface area (Å²) in [5.74, 6) is 0.919. The van der Waals surface area contributed by atoms with Gasteiger partial charge in [-0.3, -0.25) is 15.6 Å². The van der Waals surface area contributed by atoms with E-state index >= 15 is 0 Å². The molecule has 0 aromatic heterocycles. The molecule has 5 nitrogen and oxygen atoms in total. The number of benzene rings is 1. The van der Waals surface area contributed by atoms with Crippen molar-refractivity contribution in [2.75, 3.05) is 13.2 Å². The van der Waals surface area contributed by atoms with Gasteiger partial charge in [-0.2, -0.15) is 0 Å². The first kappa shape index (κ1) is 26.5. The van der Waals surface area contributed by atoms with Crippen LogP contribution in [0.15, 0.2) is 66.8 Å². The number of rotatable bonds is 11. The third kappa shape index (κ3) is 7.93. The van der Waals surface area contributed by atoms with E-state index in [4.69, 9.17) is 15.6 Å². The van der Waals surface area contributed by atoms with Crippen LogP contribution in [0, 0.1) is 22.2 Å². The maximum atomic E-state index is 12.9. The number of likely N-dealkylation sites (tertiary alicyclic amines) is 1. The first-order valence-electron chi connectivity index (χ1n) is 11.8. The fourth-order valence-corrected chi connectivity index (χ4v) is 4.31.